The van der Waals surface area contributed by atoms with Crippen molar-refractivity contribution in [2.75, 3.05) is 14.1 Å². The van der Waals surface area contributed by atoms with Gasteiger partial charge in [-0.05, 0) is 57.3 Å². The number of likely N-dealkylation sites (N-methyl/N-ethyl adjacent to an activating group) is 2. The maximum Gasteiger partial charge on any atom is 0.0449 e. The first-order valence-corrected chi connectivity index (χ1v) is 10.5. The zero-order valence-corrected chi connectivity index (χ0v) is 17.6. The first-order chi connectivity index (χ1) is 13.1. The molecular formula is C25H38N2. The average molecular weight is 367 g/mol. The quantitative estimate of drug-likeness (QED) is 0.463. The third-order valence-corrected chi connectivity index (χ3v) is 6.37. The van der Waals surface area contributed by atoms with Crippen LogP contribution < -0.4 is 10.6 Å². The third-order valence-electron chi connectivity index (χ3n) is 6.37. The van der Waals surface area contributed by atoms with E-state index < -0.39 is 0 Å². The molecular weight excluding hydrogens is 328 g/mol. The Balaban J connectivity index is 2.36. The molecule has 0 saturated heterocycles. The summed E-state index contributed by atoms with van der Waals surface area (Å²) in [6.07, 6.45) is 25.8. The minimum absolute atomic E-state index is 0.0308. The number of hydrogen-bond acceptors (Lipinski definition) is 2. The summed E-state index contributed by atoms with van der Waals surface area (Å²) in [5.41, 5.74) is 2.68. The highest BCUT2D eigenvalue weighted by atomic mass is 15.0. The predicted octanol–water partition coefficient (Wildman–Crippen LogP) is 5.63. The third kappa shape index (κ3) is 4.80. The monoisotopic (exact) mass is 366 g/mol. The highest BCUT2D eigenvalue weighted by Gasteiger charge is 2.47. The molecule has 0 aromatic rings. The Morgan fingerprint density at radius 1 is 0.963 bits per heavy atom. The van der Waals surface area contributed by atoms with Crippen molar-refractivity contribution in [3.05, 3.63) is 72.9 Å². The van der Waals surface area contributed by atoms with Gasteiger partial charge in [-0.25, -0.2) is 0 Å². The van der Waals surface area contributed by atoms with Gasteiger partial charge in [0.25, 0.3) is 0 Å². The Labute approximate surface area is 166 Å². The summed E-state index contributed by atoms with van der Waals surface area (Å²) in [5.74, 6) is 0.468. The fraction of sp³-hybridized carbons (Fsp3) is 0.520. The van der Waals surface area contributed by atoms with Crippen molar-refractivity contribution < 1.29 is 0 Å². The molecule has 0 amide bonds. The van der Waals surface area contributed by atoms with Gasteiger partial charge in [-0.3, -0.25) is 0 Å². The Kier molecular flexibility index (Phi) is 8.07. The first kappa shape index (κ1) is 21.7. The van der Waals surface area contributed by atoms with Crippen molar-refractivity contribution in [1.82, 2.24) is 10.6 Å². The summed E-state index contributed by atoms with van der Waals surface area (Å²) >= 11 is 0. The van der Waals surface area contributed by atoms with Crippen molar-refractivity contribution >= 4 is 0 Å². The zero-order valence-electron chi connectivity index (χ0n) is 17.6. The molecule has 2 rings (SSSR count). The van der Waals surface area contributed by atoms with E-state index in [1.165, 1.54) is 30.4 Å². The fourth-order valence-corrected chi connectivity index (χ4v) is 4.64. The lowest BCUT2D eigenvalue weighted by Gasteiger charge is -2.50. The molecule has 0 spiro atoms. The molecule has 0 aliphatic heterocycles. The van der Waals surface area contributed by atoms with Crippen LogP contribution in [0, 0.1) is 5.92 Å². The van der Waals surface area contributed by atoms with Crippen LogP contribution in [-0.2, 0) is 0 Å². The normalized spacial score (nSPS) is 28.4. The summed E-state index contributed by atoms with van der Waals surface area (Å²) in [6, 6.07) is 0. The molecule has 2 N–H and O–H groups in total. The van der Waals surface area contributed by atoms with E-state index in [1.807, 2.05) is 12.2 Å². The van der Waals surface area contributed by atoms with Gasteiger partial charge in [-0.2, -0.15) is 0 Å². The Hall–Kier alpha value is -1.64. The molecule has 0 fully saturated rings. The summed E-state index contributed by atoms with van der Waals surface area (Å²) in [7, 11) is 4.23. The summed E-state index contributed by atoms with van der Waals surface area (Å²) in [5, 5.41) is 7.43. The molecule has 0 radical (unpaired) electrons. The van der Waals surface area contributed by atoms with E-state index in [2.05, 4.69) is 81.3 Å². The zero-order chi connectivity index (χ0) is 19.8. The maximum atomic E-state index is 3.88. The number of unbranched alkanes of at least 4 members (excludes halogenated alkanes) is 1. The highest BCUT2D eigenvalue weighted by molar-refractivity contribution is 5.37. The Morgan fingerprint density at radius 2 is 1.44 bits per heavy atom. The SMILES string of the molecule is C=CCC1=CCC(NC)(C(CCCC)C2(NC)C=CC(CC=C)=CC2)C=C1. The van der Waals surface area contributed by atoms with Gasteiger partial charge in [0.1, 0.15) is 0 Å². The molecule has 0 aromatic carbocycles. The van der Waals surface area contributed by atoms with Gasteiger partial charge in [-0.15, -0.1) is 13.2 Å². The summed E-state index contributed by atoms with van der Waals surface area (Å²) in [4.78, 5) is 0. The standard InChI is InChI=1S/C25H38N2/c1-6-9-12-23(24(26-4)17-13-21(10-7-2)14-18-24)25(27-5)19-15-22(11-8-3)16-20-25/h7-8,13-17,19,23,26-27H,2-3,6,9-12,18,20H2,1,4-5H3. The van der Waals surface area contributed by atoms with Crippen LogP contribution >= 0.6 is 0 Å². The summed E-state index contributed by atoms with van der Waals surface area (Å²) < 4.78 is 0. The van der Waals surface area contributed by atoms with Crippen LogP contribution in [0.2, 0.25) is 0 Å². The van der Waals surface area contributed by atoms with E-state index in [4.69, 9.17) is 0 Å². The van der Waals surface area contributed by atoms with E-state index in [0.29, 0.717) is 5.92 Å². The molecule has 2 unspecified atom stereocenters. The highest BCUT2D eigenvalue weighted by Crippen LogP contribution is 2.43. The maximum absolute atomic E-state index is 3.88. The second-order valence-corrected chi connectivity index (χ2v) is 7.89. The number of rotatable bonds is 11. The van der Waals surface area contributed by atoms with Crippen LogP contribution in [0.1, 0.15) is 51.9 Å². The molecule has 2 nitrogen and oxygen atoms in total. The predicted molar refractivity (Wildman–Crippen MR) is 120 cm³/mol. The molecule has 0 saturated carbocycles. The van der Waals surface area contributed by atoms with Gasteiger partial charge < -0.3 is 10.6 Å². The topological polar surface area (TPSA) is 24.1 Å². The van der Waals surface area contributed by atoms with Crippen LogP contribution in [0.15, 0.2) is 72.9 Å². The molecule has 148 valence electrons. The van der Waals surface area contributed by atoms with Crippen LogP contribution in [0.25, 0.3) is 0 Å². The largest absolute Gasteiger partial charge is 0.310 e. The van der Waals surface area contributed by atoms with Crippen LogP contribution in [0.3, 0.4) is 0 Å². The molecule has 2 aliphatic carbocycles. The minimum atomic E-state index is -0.0308. The van der Waals surface area contributed by atoms with Crippen molar-refractivity contribution in [3.8, 4) is 0 Å². The molecule has 2 aliphatic rings. The van der Waals surface area contributed by atoms with Crippen LogP contribution in [0.5, 0.6) is 0 Å². The van der Waals surface area contributed by atoms with E-state index in [-0.39, 0.29) is 11.1 Å². The van der Waals surface area contributed by atoms with Crippen molar-refractivity contribution in [2.24, 2.45) is 5.92 Å². The van der Waals surface area contributed by atoms with E-state index in [1.54, 1.807) is 0 Å². The Morgan fingerprint density at radius 3 is 1.74 bits per heavy atom. The molecule has 2 atom stereocenters. The molecule has 0 heterocycles. The minimum Gasteiger partial charge on any atom is -0.310 e. The van der Waals surface area contributed by atoms with Crippen LogP contribution in [0.4, 0.5) is 0 Å². The van der Waals surface area contributed by atoms with Gasteiger partial charge in [-0.1, -0.05) is 68.4 Å². The second-order valence-electron chi connectivity index (χ2n) is 7.89. The second kappa shape index (κ2) is 10.1. The van der Waals surface area contributed by atoms with Crippen molar-refractivity contribution in [3.63, 3.8) is 0 Å². The van der Waals surface area contributed by atoms with Gasteiger partial charge in [0.05, 0.1) is 0 Å². The van der Waals surface area contributed by atoms with E-state index in [9.17, 15) is 0 Å². The number of allylic oxidation sites excluding steroid dienone is 6. The smallest absolute Gasteiger partial charge is 0.0449 e. The number of nitrogens with one attached hydrogen (secondary N) is 2. The van der Waals surface area contributed by atoms with Gasteiger partial charge >= 0.3 is 0 Å². The average Bonchev–Trinajstić information content (AvgIpc) is 2.71. The molecule has 27 heavy (non-hydrogen) atoms. The van der Waals surface area contributed by atoms with Crippen molar-refractivity contribution in [1.29, 1.82) is 0 Å². The molecule has 0 aromatic heterocycles. The van der Waals surface area contributed by atoms with Gasteiger partial charge in [0, 0.05) is 17.0 Å². The fourth-order valence-electron chi connectivity index (χ4n) is 4.64. The summed E-state index contributed by atoms with van der Waals surface area (Å²) in [6.45, 7) is 10.1. The first-order valence-electron chi connectivity index (χ1n) is 10.5. The van der Waals surface area contributed by atoms with E-state index in [0.717, 1.165) is 25.7 Å². The lowest BCUT2D eigenvalue weighted by molar-refractivity contribution is 0.153. The van der Waals surface area contributed by atoms with Crippen molar-refractivity contribution in [2.45, 2.75) is 62.9 Å². The number of hydrogen-bond donors (Lipinski definition) is 2. The van der Waals surface area contributed by atoms with E-state index >= 15 is 0 Å². The van der Waals surface area contributed by atoms with Gasteiger partial charge in [0.2, 0.25) is 0 Å². The lowest BCUT2D eigenvalue weighted by Crippen LogP contribution is -2.61. The van der Waals surface area contributed by atoms with Crippen LogP contribution in [-0.4, -0.2) is 25.2 Å². The van der Waals surface area contributed by atoms with Gasteiger partial charge in [0.15, 0.2) is 0 Å². The Bertz CT molecular complexity index is 585. The lowest BCUT2D eigenvalue weighted by atomic mass is 9.63. The molecule has 0 bridgehead atoms. The molecule has 2 heteroatoms.